The van der Waals surface area contributed by atoms with Crippen molar-refractivity contribution in [1.29, 1.82) is 0 Å². The largest absolute Gasteiger partial charge is 0.493 e. The van der Waals surface area contributed by atoms with Crippen LogP contribution in [-0.4, -0.2) is 51.0 Å². The van der Waals surface area contributed by atoms with Gasteiger partial charge in [-0.1, -0.05) is 36.4 Å². The van der Waals surface area contributed by atoms with Crippen LogP contribution in [0.1, 0.15) is 12.0 Å². The zero-order valence-corrected chi connectivity index (χ0v) is 19.5. The number of anilines is 2. The fourth-order valence-electron chi connectivity index (χ4n) is 3.28. The summed E-state index contributed by atoms with van der Waals surface area (Å²) >= 11 is 0. The van der Waals surface area contributed by atoms with Crippen molar-refractivity contribution in [3.63, 3.8) is 0 Å². The molecule has 0 amide bonds. The molecule has 9 heteroatoms. The Kier molecular flexibility index (Phi) is 8.29. The molecule has 3 aromatic rings. The first kappa shape index (κ1) is 24.5. The van der Waals surface area contributed by atoms with E-state index in [1.54, 1.807) is 24.3 Å². The van der Waals surface area contributed by atoms with Gasteiger partial charge >= 0.3 is 0 Å². The van der Waals surface area contributed by atoms with Gasteiger partial charge in [0.2, 0.25) is 0 Å². The molecule has 0 aliphatic carbocycles. The second-order valence-corrected chi connectivity index (χ2v) is 9.61. The van der Waals surface area contributed by atoms with Gasteiger partial charge in [0.25, 0.3) is 10.0 Å². The lowest BCUT2D eigenvalue weighted by atomic mass is 10.2. The van der Waals surface area contributed by atoms with Gasteiger partial charge in [-0.15, -0.1) is 5.23 Å². The Morgan fingerprint density at radius 2 is 1.45 bits per heavy atom. The number of hydrogen-bond donors (Lipinski definition) is 2. The maximum absolute atomic E-state index is 13.6. The highest BCUT2D eigenvalue weighted by molar-refractivity contribution is 7.92. The van der Waals surface area contributed by atoms with Crippen LogP contribution in [0.25, 0.3) is 0 Å². The summed E-state index contributed by atoms with van der Waals surface area (Å²) in [6.45, 7) is 1.49. The first-order valence-corrected chi connectivity index (χ1v) is 11.9. The molecule has 0 spiro atoms. The van der Waals surface area contributed by atoms with E-state index in [0.717, 1.165) is 18.5 Å². The fourth-order valence-corrected chi connectivity index (χ4v) is 4.72. The molecule has 0 bridgehead atoms. The number of benzene rings is 3. The van der Waals surface area contributed by atoms with E-state index in [4.69, 9.17) is 15.2 Å². The van der Waals surface area contributed by atoms with Crippen molar-refractivity contribution in [1.82, 2.24) is 4.90 Å². The van der Waals surface area contributed by atoms with E-state index in [1.165, 1.54) is 28.6 Å². The fraction of sp³-hybridized carbons (Fsp3) is 0.250. The average molecular weight is 472 g/mol. The molecule has 0 aromatic heterocycles. The molecule has 0 aliphatic rings. The van der Waals surface area contributed by atoms with Crippen LogP contribution < -0.4 is 14.3 Å². The quantitative estimate of drug-likeness (QED) is 0.323. The summed E-state index contributed by atoms with van der Waals surface area (Å²) in [5, 5.41) is 18.3. The molecule has 2 N–H and O–H groups in total. The highest BCUT2D eigenvalue weighted by atomic mass is 32.2. The van der Waals surface area contributed by atoms with Crippen LogP contribution in [0.3, 0.4) is 0 Å². The summed E-state index contributed by atoms with van der Waals surface area (Å²) in [7, 11) is 0.0448. The van der Waals surface area contributed by atoms with E-state index in [9.17, 15) is 8.42 Å². The molecule has 3 rings (SSSR count). The minimum Gasteiger partial charge on any atom is -0.493 e. The summed E-state index contributed by atoms with van der Waals surface area (Å²) < 4.78 is 34.5. The molecule has 3 aromatic carbocycles. The van der Waals surface area contributed by atoms with Crippen molar-refractivity contribution in [2.45, 2.75) is 17.9 Å². The minimum absolute atomic E-state index is 0.0290. The Balaban J connectivity index is 1.92. The molecule has 0 atom stereocenters. The Labute approximate surface area is 194 Å². The van der Waals surface area contributed by atoms with Crippen molar-refractivity contribution in [3.05, 3.63) is 84.4 Å². The predicted octanol–water partition coefficient (Wildman–Crippen LogP) is 4.00. The third-order valence-corrected chi connectivity index (χ3v) is 6.78. The maximum Gasteiger partial charge on any atom is 0.264 e. The molecule has 0 heterocycles. The normalized spacial score (nSPS) is 11.4. The molecule has 33 heavy (non-hydrogen) atoms. The SMILES string of the molecule is CN(C)CCCOc1ccccc1CN(c1ccccc1)S(=O)(=O)c1ccc(N(O)O)cc1. The van der Waals surface area contributed by atoms with Gasteiger partial charge in [-0.2, -0.15) is 0 Å². The van der Waals surface area contributed by atoms with Gasteiger partial charge in [0.05, 0.1) is 29.4 Å². The highest BCUT2D eigenvalue weighted by Crippen LogP contribution is 2.29. The molecule has 176 valence electrons. The molecule has 0 fully saturated rings. The van der Waals surface area contributed by atoms with Gasteiger partial charge in [0.1, 0.15) is 5.75 Å². The Morgan fingerprint density at radius 3 is 2.09 bits per heavy atom. The van der Waals surface area contributed by atoms with Gasteiger partial charge in [-0.3, -0.25) is 14.7 Å². The molecule has 0 unspecified atom stereocenters. The van der Waals surface area contributed by atoms with Crippen LogP contribution in [0.4, 0.5) is 11.4 Å². The van der Waals surface area contributed by atoms with Crippen LogP contribution in [0.5, 0.6) is 5.75 Å². The molecule has 8 nitrogen and oxygen atoms in total. The van der Waals surface area contributed by atoms with E-state index in [2.05, 4.69) is 4.90 Å². The summed E-state index contributed by atoms with van der Waals surface area (Å²) in [6, 6.07) is 21.6. The maximum atomic E-state index is 13.6. The predicted molar refractivity (Wildman–Crippen MR) is 127 cm³/mol. The highest BCUT2D eigenvalue weighted by Gasteiger charge is 2.26. The number of para-hydroxylation sites is 2. The first-order valence-electron chi connectivity index (χ1n) is 10.5. The third-order valence-electron chi connectivity index (χ3n) is 4.99. The number of ether oxygens (including phenoxy) is 1. The van der Waals surface area contributed by atoms with Crippen molar-refractivity contribution in [2.75, 3.05) is 36.8 Å². The summed E-state index contributed by atoms with van der Waals surface area (Å²) in [4.78, 5) is 2.11. The van der Waals surface area contributed by atoms with Gasteiger partial charge in [-0.25, -0.2) is 8.42 Å². The van der Waals surface area contributed by atoms with Crippen molar-refractivity contribution < 1.29 is 23.6 Å². The number of sulfonamides is 1. The minimum atomic E-state index is -3.96. The van der Waals surface area contributed by atoms with E-state index >= 15 is 0 Å². The summed E-state index contributed by atoms with van der Waals surface area (Å²) in [5.41, 5.74) is 1.30. The van der Waals surface area contributed by atoms with E-state index in [1.807, 2.05) is 44.4 Å². The molecule has 0 saturated carbocycles. The molecule has 0 saturated heterocycles. The van der Waals surface area contributed by atoms with Crippen LogP contribution in [0, 0.1) is 0 Å². The second kappa shape index (κ2) is 11.2. The van der Waals surface area contributed by atoms with Gasteiger partial charge < -0.3 is 9.64 Å². The Bertz CT molecular complexity index is 1120. The standard InChI is InChI=1S/C24H29N3O5S/c1-25(2)17-8-18-32-24-12-7-6-9-20(24)19-26(21-10-4-3-5-11-21)33(30,31)23-15-13-22(14-16-23)27(28)29/h3-7,9-16,28-29H,8,17-19H2,1-2H3. The van der Waals surface area contributed by atoms with Crippen LogP contribution >= 0.6 is 0 Å². The lowest BCUT2D eigenvalue weighted by molar-refractivity contribution is 0.0291. The number of hydrogen-bond acceptors (Lipinski definition) is 7. The third kappa shape index (κ3) is 6.45. The zero-order chi connectivity index (χ0) is 23.8. The molecule has 0 radical (unpaired) electrons. The van der Waals surface area contributed by atoms with Crippen molar-refractivity contribution in [3.8, 4) is 5.75 Å². The lowest BCUT2D eigenvalue weighted by Gasteiger charge is -2.26. The molecule has 0 aliphatic heterocycles. The Morgan fingerprint density at radius 1 is 0.818 bits per heavy atom. The average Bonchev–Trinajstić information content (AvgIpc) is 2.81. The lowest BCUT2D eigenvalue weighted by Crippen LogP contribution is -2.30. The van der Waals surface area contributed by atoms with Crippen molar-refractivity contribution >= 4 is 21.4 Å². The Hall–Kier alpha value is -3.11. The van der Waals surface area contributed by atoms with Crippen LogP contribution in [-0.2, 0) is 16.6 Å². The van der Waals surface area contributed by atoms with E-state index in [0.29, 0.717) is 18.0 Å². The molecular weight excluding hydrogens is 442 g/mol. The smallest absolute Gasteiger partial charge is 0.264 e. The summed E-state index contributed by atoms with van der Waals surface area (Å²) in [5.74, 6) is 0.638. The van der Waals surface area contributed by atoms with Gasteiger partial charge in [0.15, 0.2) is 0 Å². The number of nitrogens with zero attached hydrogens (tertiary/aromatic N) is 3. The van der Waals surface area contributed by atoms with Crippen LogP contribution in [0.15, 0.2) is 83.8 Å². The topological polar surface area (TPSA) is 93.6 Å². The first-order chi connectivity index (χ1) is 15.8. The van der Waals surface area contributed by atoms with Gasteiger partial charge in [0, 0.05) is 12.1 Å². The number of rotatable bonds is 11. The zero-order valence-electron chi connectivity index (χ0n) is 18.7. The van der Waals surface area contributed by atoms with E-state index < -0.39 is 10.0 Å². The molecular formula is C24H29N3O5S. The van der Waals surface area contributed by atoms with Crippen LogP contribution in [0.2, 0.25) is 0 Å². The second-order valence-electron chi connectivity index (χ2n) is 7.74. The monoisotopic (exact) mass is 471 g/mol. The van der Waals surface area contributed by atoms with Gasteiger partial charge in [-0.05, 0) is 63.0 Å². The summed E-state index contributed by atoms with van der Waals surface area (Å²) in [6.07, 6.45) is 0.848. The van der Waals surface area contributed by atoms with Crippen molar-refractivity contribution in [2.24, 2.45) is 0 Å². The van der Waals surface area contributed by atoms with E-state index in [-0.39, 0.29) is 22.4 Å².